The number of sulfonamides is 1. The maximum Gasteiger partial charge on any atom is 0.258 e. The van der Waals surface area contributed by atoms with E-state index in [1.165, 1.54) is 6.07 Å². The summed E-state index contributed by atoms with van der Waals surface area (Å²) in [6, 6.07) is 18.1. The van der Waals surface area contributed by atoms with E-state index in [0.717, 1.165) is 28.8 Å². The minimum Gasteiger partial charge on any atom is -0.308 e. The molecule has 4 rings (SSSR count). The first kappa shape index (κ1) is 21.6. The van der Waals surface area contributed by atoms with Crippen molar-refractivity contribution in [2.45, 2.75) is 31.7 Å². The lowest BCUT2D eigenvalue weighted by Crippen LogP contribution is -2.29. The van der Waals surface area contributed by atoms with Gasteiger partial charge in [0.1, 0.15) is 0 Å². The van der Waals surface area contributed by atoms with Gasteiger partial charge in [-0.2, -0.15) is 0 Å². The van der Waals surface area contributed by atoms with Crippen LogP contribution in [0.3, 0.4) is 0 Å². The van der Waals surface area contributed by atoms with Gasteiger partial charge in [-0.05, 0) is 67.3 Å². The highest BCUT2D eigenvalue weighted by molar-refractivity contribution is 7.89. The molecule has 0 saturated heterocycles. The third-order valence-electron chi connectivity index (χ3n) is 5.53. The first-order chi connectivity index (χ1) is 14.8. The van der Waals surface area contributed by atoms with Crippen LogP contribution < -0.4 is 9.62 Å². The molecule has 7 heteroatoms. The Morgan fingerprint density at radius 2 is 1.84 bits per heavy atom. The van der Waals surface area contributed by atoms with Crippen molar-refractivity contribution >= 4 is 33.2 Å². The van der Waals surface area contributed by atoms with Crippen LogP contribution in [0.15, 0.2) is 65.6 Å². The zero-order valence-corrected chi connectivity index (χ0v) is 18.9. The zero-order valence-electron chi connectivity index (χ0n) is 17.4. The van der Waals surface area contributed by atoms with Crippen molar-refractivity contribution in [2.75, 3.05) is 11.4 Å². The van der Waals surface area contributed by atoms with E-state index in [9.17, 15) is 13.2 Å². The highest BCUT2D eigenvalue weighted by Crippen LogP contribution is 2.31. The smallest absolute Gasteiger partial charge is 0.258 e. The number of benzene rings is 3. The molecule has 5 nitrogen and oxygen atoms in total. The van der Waals surface area contributed by atoms with Gasteiger partial charge in [-0.1, -0.05) is 47.5 Å². The second kappa shape index (κ2) is 8.46. The number of amides is 1. The van der Waals surface area contributed by atoms with Gasteiger partial charge in [-0.25, -0.2) is 13.1 Å². The van der Waals surface area contributed by atoms with Crippen molar-refractivity contribution in [3.05, 3.63) is 93.5 Å². The molecule has 160 valence electrons. The Morgan fingerprint density at radius 1 is 1.06 bits per heavy atom. The van der Waals surface area contributed by atoms with Crippen LogP contribution in [0.5, 0.6) is 0 Å². The van der Waals surface area contributed by atoms with E-state index in [-0.39, 0.29) is 17.3 Å². The van der Waals surface area contributed by atoms with Gasteiger partial charge in [0.15, 0.2) is 0 Å². The van der Waals surface area contributed by atoms with Gasteiger partial charge in [0, 0.05) is 29.4 Å². The summed E-state index contributed by atoms with van der Waals surface area (Å²) in [5, 5.41) is 0.408. The van der Waals surface area contributed by atoms with Crippen molar-refractivity contribution < 1.29 is 13.2 Å². The van der Waals surface area contributed by atoms with Crippen molar-refractivity contribution in [3.63, 3.8) is 0 Å². The summed E-state index contributed by atoms with van der Waals surface area (Å²) in [6.07, 6.45) is 0.778. The second-order valence-electron chi connectivity index (χ2n) is 7.73. The number of aryl methyl sites for hydroxylation is 1. The number of anilines is 1. The van der Waals surface area contributed by atoms with E-state index >= 15 is 0 Å². The summed E-state index contributed by atoms with van der Waals surface area (Å²) in [7, 11) is -3.72. The predicted octanol–water partition coefficient (Wildman–Crippen LogP) is 4.64. The molecule has 0 bridgehead atoms. The molecule has 1 amide bonds. The molecule has 0 unspecified atom stereocenters. The molecule has 0 saturated carbocycles. The van der Waals surface area contributed by atoms with E-state index in [2.05, 4.69) is 4.72 Å². The molecule has 0 aromatic heterocycles. The van der Waals surface area contributed by atoms with E-state index in [4.69, 9.17) is 11.6 Å². The van der Waals surface area contributed by atoms with Gasteiger partial charge in [0.25, 0.3) is 5.91 Å². The largest absolute Gasteiger partial charge is 0.308 e. The Bertz CT molecular complexity index is 1270. The number of nitrogens with zero attached hydrogens (tertiary/aromatic N) is 1. The van der Waals surface area contributed by atoms with Gasteiger partial charge in [0.05, 0.1) is 4.90 Å². The zero-order chi connectivity index (χ0) is 22.2. The molecule has 0 aliphatic carbocycles. The van der Waals surface area contributed by atoms with Gasteiger partial charge in [0.2, 0.25) is 10.0 Å². The minimum atomic E-state index is -3.72. The Hall–Kier alpha value is -2.67. The molecule has 1 heterocycles. The number of halogens is 1. The Morgan fingerprint density at radius 3 is 2.61 bits per heavy atom. The van der Waals surface area contributed by atoms with Crippen molar-refractivity contribution in [1.29, 1.82) is 0 Å². The topological polar surface area (TPSA) is 66.5 Å². The third-order valence-corrected chi connectivity index (χ3v) is 7.48. The molecule has 1 aliphatic rings. The highest BCUT2D eigenvalue weighted by atomic mass is 35.5. The average molecular weight is 455 g/mol. The number of carbonyl (C=O) groups is 1. The number of carbonyl (C=O) groups excluding carboxylic acids is 1. The van der Waals surface area contributed by atoms with E-state index in [1.54, 1.807) is 24.0 Å². The molecule has 31 heavy (non-hydrogen) atoms. The van der Waals surface area contributed by atoms with Crippen molar-refractivity contribution in [2.24, 2.45) is 0 Å². The summed E-state index contributed by atoms with van der Waals surface area (Å²) in [4.78, 5) is 15.0. The first-order valence-electron chi connectivity index (χ1n) is 10.0. The van der Waals surface area contributed by atoms with Gasteiger partial charge in [-0.3, -0.25) is 4.79 Å². The van der Waals surface area contributed by atoms with Crippen LogP contribution in [0.1, 0.15) is 32.6 Å². The van der Waals surface area contributed by atoms with Crippen LogP contribution in [-0.2, 0) is 23.0 Å². The van der Waals surface area contributed by atoms with E-state index < -0.39 is 10.0 Å². The predicted molar refractivity (Wildman–Crippen MR) is 123 cm³/mol. The van der Waals surface area contributed by atoms with Crippen LogP contribution in [0.2, 0.25) is 5.02 Å². The SMILES string of the molecule is Cc1cccc(C(=O)N2CCc3ccc(CNS(=O)(=O)c4cccc(Cl)c4C)cc32)c1. The quantitative estimate of drug-likeness (QED) is 0.610. The lowest BCUT2D eigenvalue weighted by Gasteiger charge is -2.18. The Kier molecular flexibility index (Phi) is 5.88. The van der Waals surface area contributed by atoms with Gasteiger partial charge < -0.3 is 4.90 Å². The number of rotatable bonds is 5. The summed E-state index contributed by atoms with van der Waals surface area (Å²) in [6.45, 7) is 4.37. The maximum absolute atomic E-state index is 13.0. The number of hydrogen-bond donors (Lipinski definition) is 1. The van der Waals surface area contributed by atoms with Gasteiger partial charge >= 0.3 is 0 Å². The van der Waals surface area contributed by atoms with E-state index in [1.807, 2.05) is 49.4 Å². The lowest BCUT2D eigenvalue weighted by atomic mass is 10.1. The van der Waals surface area contributed by atoms with Gasteiger partial charge in [-0.15, -0.1) is 0 Å². The molecular weight excluding hydrogens is 432 g/mol. The Balaban J connectivity index is 1.55. The maximum atomic E-state index is 13.0. The highest BCUT2D eigenvalue weighted by Gasteiger charge is 2.26. The fourth-order valence-corrected chi connectivity index (χ4v) is 5.33. The third kappa shape index (κ3) is 4.37. The number of hydrogen-bond acceptors (Lipinski definition) is 3. The monoisotopic (exact) mass is 454 g/mol. The minimum absolute atomic E-state index is 0.0465. The molecule has 0 radical (unpaired) electrons. The van der Waals surface area contributed by atoms with Crippen LogP contribution in [0, 0.1) is 13.8 Å². The van der Waals surface area contributed by atoms with Crippen molar-refractivity contribution in [1.82, 2.24) is 4.72 Å². The number of fused-ring (bicyclic) bond motifs is 1. The van der Waals surface area contributed by atoms with Crippen LogP contribution >= 0.6 is 11.6 Å². The molecule has 3 aromatic rings. The van der Waals surface area contributed by atoms with E-state index in [0.29, 0.717) is 22.7 Å². The fraction of sp³-hybridized carbons (Fsp3) is 0.208. The summed E-state index contributed by atoms with van der Waals surface area (Å²) >= 11 is 6.08. The lowest BCUT2D eigenvalue weighted by molar-refractivity contribution is 0.0989. The second-order valence-corrected chi connectivity index (χ2v) is 9.87. The molecule has 0 atom stereocenters. The molecule has 0 fully saturated rings. The normalized spacial score (nSPS) is 13.3. The molecule has 3 aromatic carbocycles. The summed E-state index contributed by atoms with van der Waals surface area (Å²) in [5.74, 6) is -0.0465. The van der Waals surface area contributed by atoms with Crippen LogP contribution in [0.25, 0.3) is 0 Å². The van der Waals surface area contributed by atoms with Crippen LogP contribution in [0.4, 0.5) is 5.69 Å². The average Bonchev–Trinajstić information content (AvgIpc) is 3.17. The summed E-state index contributed by atoms with van der Waals surface area (Å²) < 4.78 is 28.2. The molecule has 0 spiro atoms. The standard InChI is InChI=1S/C24H23ClN2O3S/c1-16-5-3-6-20(13-16)24(28)27-12-11-19-10-9-18(14-22(19)27)15-26-31(29,30)23-8-4-7-21(25)17(23)2/h3-10,13-14,26H,11-12,15H2,1-2H3. The van der Waals surface area contributed by atoms with Crippen LogP contribution in [-0.4, -0.2) is 20.9 Å². The number of nitrogens with one attached hydrogen (secondary N) is 1. The molecule has 1 N–H and O–H groups in total. The van der Waals surface area contributed by atoms with Crippen molar-refractivity contribution in [3.8, 4) is 0 Å². The fourth-order valence-electron chi connectivity index (χ4n) is 3.81. The summed E-state index contributed by atoms with van der Waals surface area (Å²) in [5.41, 5.74) is 4.90. The molecule has 1 aliphatic heterocycles. The first-order valence-corrected chi connectivity index (χ1v) is 11.9. The Labute approximate surface area is 187 Å². The molecular formula is C24H23ClN2O3S.